The zero-order chi connectivity index (χ0) is 20.1. The summed E-state index contributed by atoms with van der Waals surface area (Å²) in [5.41, 5.74) is 3.95. The van der Waals surface area contributed by atoms with Crippen LogP contribution in [0.5, 0.6) is 0 Å². The van der Waals surface area contributed by atoms with Crippen LogP contribution >= 0.6 is 0 Å². The lowest BCUT2D eigenvalue weighted by Crippen LogP contribution is -2.35. The average molecular weight is 379 g/mol. The van der Waals surface area contributed by atoms with Gasteiger partial charge >= 0.3 is 6.03 Å². The number of carbonyl (C=O) groups is 3. The predicted molar refractivity (Wildman–Crippen MR) is 109 cm³/mol. The van der Waals surface area contributed by atoms with Gasteiger partial charge in [0.25, 0.3) is 11.8 Å². The van der Waals surface area contributed by atoms with Crippen molar-refractivity contribution >= 4 is 23.5 Å². The van der Waals surface area contributed by atoms with Gasteiger partial charge in [0.1, 0.15) is 0 Å². The van der Waals surface area contributed by atoms with E-state index in [9.17, 15) is 14.4 Å². The molecule has 0 unspecified atom stereocenters. The Kier molecular flexibility index (Phi) is 6.09. The molecule has 0 fully saturated rings. The molecule has 1 aliphatic rings. The number of hydrogen-bond donors (Lipinski definition) is 2. The number of nitrogens with zero attached hydrogens (tertiary/aromatic N) is 1. The van der Waals surface area contributed by atoms with Gasteiger partial charge < -0.3 is 10.6 Å². The van der Waals surface area contributed by atoms with E-state index >= 15 is 0 Å². The first kappa shape index (κ1) is 19.6. The molecule has 2 N–H and O–H groups in total. The molecule has 1 heterocycles. The topological polar surface area (TPSA) is 78.5 Å². The molecule has 2 aromatic rings. The third-order valence-electron chi connectivity index (χ3n) is 4.96. The Morgan fingerprint density at radius 1 is 0.893 bits per heavy atom. The van der Waals surface area contributed by atoms with Crippen molar-refractivity contribution in [2.45, 2.75) is 33.1 Å². The Hall–Kier alpha value is -3.15. The predicted octanol–water partition coefficient (Wildman–Crippen LogP) is 3.62. The van der Waals surface area contributed by atoms with E-state index in [1.54, 1.807) is 24.3 Å². The second kappa shape index (κ2) is 8.69. The molecule has 28 heavy (non-hydrogen) atoms. The number of benzene rings is 2. The van der Waals surface area contributed by atoms with Crippen LogP contribution in [0.2, 0.25) is 0 Å². The van der Waals surface area contributed by atoms with Crippen LogP contribution in [-0.4, -0.2) is 35.8 Å². The molecule has 0 radical (unpaired) electrons. The standard InChI is InChI=1S/C22H25N3O3/c1-3-15-9-7-10-16(4-2)19(15)24-22(28)23-13-8-14-25-20(26)17-11-5-6-12-18(17)21(25)27/h5-7,9-12H,3-4,8,13-14H2,1-2H3,(H2,23,24,28). The fourth-order valence-corrected chi connectivity index (χ4v) is 3.44. The summed E-state index contributed by atoms with van der Waals surface area (Å²) in [6.45, 7) is 4.76. The zero-order valence-electron chi connectivity index (χ0n) is 16.2. The second-order valence-corrected chi connectivity index (χ2v) is 6.70. The number of anilines is 1. The highest BCUT2D eigenvalue weighted by Crippen LogP contribution is 2.23. The quantitative estimate of drug-likeness (QED) is 0.570. The molecule has 0 saturated heterocycles. The van der Waals surface area contributed by atoms with Crippen LogP contribution in [0.3, 0.4) is 0 Å². The molecular weight excluding hydrogens is 354 g/mol. The van der Waals surface area contributed by atoms with Gasteiger partial charge in [-0.3, -0.25) is 14.5 Å². The van der Waals surface area contributed by atoms with E-state index in [0.29, 0.717) is 24.1 Å². The summed E-state index contributed by atoms with van der Waals surface area (Å²) in [5, 5.41) is 5.75. The van der Waals surface area contributed by atoms with Crippen LogP contribution in [0.25, 0.3) is 0 Å². The molecular formula is C22H25N3O3. The molecule has 6 heteroatoms. The molecule has 0 spiro atoms. The number of carbonyl (C=O) groups excluding carboxylic acids is 3. The number of aryl methyl sites for hydroxylation is 2. The number of para-hydroxylation sites is 1. The van der Waals surface area contributed by atoms with Crippen LogP contribution < -0.4 is 10.6 Å². The van der Waals surface area contributed by atoms with Crippen molar-refractivity contribution in [1.29, 1.82) is 0 Å². The maximum absolute atomic E-state index is 12.3. The highest BCUT2D eigenvalue weighted by Gasteiger charge is 2.34. The molecule has 4 amide bonds. The summed E-state index contributed by atoms with van der Waals surface area (Å²) in [5.74, 6) is -0.538. The van der Waals surface area contributed by atoms with Gasteiger partial charge in [0, 0.05) is 18.8 Å². The number of amides is 4. The van der Waals surface area contributed by atoms with Crippen molar-refractivity contribution in [2.75, 3.05) is 18.4 Å². The maximum atomic E-state index is 12.3. The van der Waals surface area contributed by atoms with Crippen molar-refractivity contribution in [3.63, 3.8) is 0 Å². The molecule has 0 aromatic heterocycles. The third-order valence-corrected chi connectivity index (χ3v) is 4.96. The molecule has 0 atom stereocenters. The highest BCUT2D eigenvalue weighted by molar-refractivity contribution is 6.21. The average Bonchev–Trinajstić information content (AvgIpc) is 2.96. The van der Waals surface area contributed by atoms with Gasteiger partial charge in [-0.2, -0.15) is 0 Å². The molecule has 3 rings (SSSR count). The maximum Gasteiger partial charge on any atom is 0.319 e. The third kappa shape index (κ3) is 3.91. The number of urea groups is 1. The first-order valence-electron chi connectivity index (χ1n) is 9.67. The Labute approximate surface area is 164 Å². The van der Waals surface area contributed by atoms with Gasteiger partial charge in [0.05, 0.1) is 11.1 Å². The van der Waals surface area contributed by atoms with Crippen molar-refractivity contribution in [1.82, 2.24) is 10.2 Å². The van der Waals surface area contributed by atoms with Crippen molar-refractivity contribution in [3.05, 3.63) is 64.7 Å². The van der Waals surface area contributed by atoms with Crippen LogP contribution in [0.1, 0.15) is 52.1 Å². The van der Waals surface area contributed by atoms with Gasteiger partial charge in [0.15, 0.2) is 0 Å². The fraction of sp³-hybridized carbons (Fsp3) is 0.318. The van der Waals surface area contributed by atoms with Crippen LogP contribution in [-0.2, 0) is 12.8 Å². The molecule has 0 aliphatic carbocycles. The lowest BCUT2D eigenvalue weighted by Gasteiger charge is -2.16. The molecule has 1 aliphatic heterocycles. The van der Waals surface area contributed by atoms with Crippen molar-refractivity contribution in [2.24, 2.45) is 0 Å². The molecule has 0 bridgehead atoms. The number of rotatable bonds is 7. The Bertz CT molecular complexity index is 850. The van der Waals surface area contributed by atoms with E-state index in [1.807, 2.05) is 18.2 Å². The minimum atomic E-state index is -0.280. The Balaban J connectivity index is 1.51. The van der Waals surface area contributed by atoms with Crippen LogP contribution in [0.4, 0.5) is 10.5 Å². The van der Waals surface area contributed by atoms with Gasteiger partial charge in [-0.1, -0.05) is 44.2 Å². The summed E-state index contributed by atoms with van der Waals surface area (Å²) in [4.78, 5) is 38.2. The highest BCUT2D eigenvalue weighted by atomic mass is 16.2. The van der Waals surface area contributed by atoms with E-state index in [2.05, 4.69) is 24.5 Å². The lowest BCUT2D eigenvalue weighted by atomic mass is 10.0. The minimum absolute atomic E-state index is 0.269. The van der Waals surface area contributed by atoms with Gasteiger partial charge in [-0.15, -0.1) is 0 Å². The van der Waals surface area contributed by atoms with E-state index in [4.69, 9.17) is 0 Å². The molecule has 0 saturated carbocycles. The second-order valence-electron chi connectivity index (χ2n) is 6.70. The van der Waals surface area contributed by atoms with E-state index in [1.165, 1.54) is 4.90 Å². The molecule has 6 nitrogen and oxygen atoms in total. The minimum Gasteiger partial charge on any atom is -0.338 e. The Morgan fingerprint density at radius 2 is 1.46 bits per heavy atom. The lowest BCUT2D eigenvalue weighted by molar-refractivity contribution is 0.0653. The van der Waals surface area contributed by atoms with Gasteiger partial charge in [-0.25, -0.2) is 4.79 Å². The zero-order valence-corrected chi connectivity index (χ0v) is 16.2. The first-order chi connectivity index (χ1) is 13.6. The SMILES string of the molecule is CCc1cccc(CC)c1NC(=O)NCCCN1C(=O)c2ccccc2C1=O. The summed E-state index contributed by atoms with van der Waals surface area (Å²) in [6.07, 6.45) is 2.17. The summed E-state index contributed by atoms with van der Waals surface area (Å²) >= 11 is 0. The van der Waals surface area contributed by atoms with Gasteiger partial charge in [-0.05, 0) is 42.5 Å². The normalized spacial score (nSPS) is 12.9. The van der Waals surface area contributed by atoms with E-state index in [-0.39, 0.29) is 24.4 Å². The van der Waals surface area contributed by atoms with Crippen molar-refractivity contribution < 1.29 is 14.4 Å². The molecule has 2 aromatic carbocycles. The summed E-state index contributed by atoms with van der Waals surface area (Å²) < 4.78 is 0. The Morgan fingerprint density at radius 3 is 2.00 bits per heavy atom. The van der Waals surface area contributed by atoms with Crippen LogP contribution in [0.15, 0.2) is 42.5 Å². The number of nitrogens with one attached hydrogen (secondary N) is 2. The summed E-state index contributed by atoms with van der Waals surface area (Å²) in [7, 11) is 0. The fourth-order valence-electron chi connectivity index (χ4n) is 3.44. The summed E-state index contributed by atoms with van der Waals surface area (Å²) in [6, 6.07) is 12.6. The first-order valence-corrected chi connectivity index (χ1v) is 9.67. The van der Waals surface area contributed by atoms with Gasteiger partial charge in [0.2, 0.25) is 0 Å². The number of imide groups is 1. The monoisotopic (exact) mass is 379 g/mol. The number of hydrogen-bond acceptors (Lipinski definition) is 3. The van der Waals surface area contributed by atoms with Crippen molar-refractivity contribution in [3.8, 4) is 0 Å². The smallest absolute Gasteiger partial charge is 0.319 e. The largest absolute Gasteiger partial charge is 0.338 e. The van der Waals surface area contributed by atoms with Crippen LogP contribution in [0, 0.1) is 0 Å². The van der Waals surface area contributed by atoms with E-state index < -0.39 is 0 Å². The molecule has 146 valence electrons. The van der Waals surface area contributed by atoms with E-state index in [0.717, 1.165) is 29.7 Å². The number of fused-ring (bicyclic) bond motifs is 1.